The van der Waals surface area contributed by atoms with Gasteiger partial charge in [0, 0.05) is 0 Å². The second-order valence-corrected chi connectivity index (χ2v) is 12.6. The van der Waals surface area contributed by atoms with Crippen LogP contribution in [-0.4, -0.2) is 19.8 Å². The predicted molar refractivity (Wildman–Crippen MR) is 98.2 cm³/mol. The third-order valence-corrected chi connectivity index (χ3v) is 13.7. The molecule has 0 aromatic heterocycles. The van der Waals surface area contributed by atoms with E-state index in [2.05, 4.69) is 93.6 Å². The summed E-state index contributed by atoms with van der Waals surface area (Å²) in [5, 5.41) is 0. The molecule has 0 aliphatic rings. The Bertz CT molecular complexity index is 687. The van der Waals surface area contributed by atoms with Crippen LogP contribution in [0.2, 0.25) is 0 Å². The van der Waals surface area contributed by atoms with Crippen LogP contribution in [0.15, 0.2) is 72.8 Å². The molecule has 0 saturated carbocycles. The molecule has 23 heavy (non-hydrogen) atoms. The van der Waals surface area contributed by atoms with E-state index in [0.717, 1.165) is 0 Å². The topological polar surface area (TPSA) is 0 Å². The molecule has 0 spiro atoms. The molecule has 0 fully saturated rings. The van der Waals surface area contributed by atoms with Crippen LogP contribution in [0.3, 0.4) is 0 Å². The van der Waals surface area contributed by atoms with Crippen molar-refractivity contribution in [2.24, 2.45) is 0 Å². The van der Waals surface area contributed by atoms with Crippen molar-refractivity contribution >= 4 is 30.5 Å². The van der Waals surface area contributed by atoms with Crippen LogP contribution in [0.5, 0.6) is 0 Å². The number of rotatable bonds is 3. The second kappa shape index (κ2) is 8.34. The molecule has 0 radical (unpaired) electrons. The quantitative estimate of drug-likeness (QED) is 0.342. The molecule has 0 N–H and O–H groups in total. The van der Waals surface area contributed by atoms with Gasteiger partial charge in [0.2, 0.25) is 0 Å². The van der Waals surface area contributed by atoms with E-state index in [0.29, 0.717) is 0 Å². The first kappa shape index (κ1) is 18.5. The number of hydrogen-bond acceptors (Lipinski definition) is 0. The van der Waals surface area contributed by atoms with Crippen molar-refractivity contribution in [3.05, 3.63) is 89.5 Å². The molecule has 0 atom stereocenters. The van der Waals surface area contributed by atoms with Gasteiger partial charge < -0.3 is 24.0 Å². The average Bonchev–Trinajstić information content (AvgIpc) is 2.53. The molecule has 0 unspecified atom stereocenters. The molecule has 0 aliphatic carbocycles. The zero-order valence-electron chi connectivity index (χ0n) is 13.8. The monoisotopic (exact) mass is 520 g/mol. The van der Waals surface area contributed by atoms with Gasteiger partial charge in [0.15, 0.2) is 0 Å². The Labute approximate surface area is 163 Å². The first-order valence-corrected chi connectivity index (χ1v) is 12.0. The number of aryl methyl sites for hydroxylation is 3. The molecule has 116 valence electrons. The van der Waals surface area contributed by atoms with E-state index >= 15 is 0 Å². The van der Waals surface area contributed by atoms with Crippen LogP contribution < -0.4 is 34.7 Å². The van der Waals surface area contributed by atoms with E-state index in [9.17, 15) is 0 Å². The maximum absolute atomic E-state index is 2.35. The minimum absolute atomic E-state index is 0. The Balaban J connectivity index is 0.00000192. The molecule has 0 amide bonds. The van der Waals surface area contributed by atoms with E-state index < -0.39 is 19.8 Å². The van der Waals surface area contributed by atoms with Gasteiger partial charge in [0.1, 0.15) is 0 Å². The fourth-order valence-electron chi connectivity index (χ4n) is 3.00. The normalized spacial score (nSPS) is 10.0. The van der Waals surface area contributed by atoms with E-state index in [1.807, 2.05) is 0 Å². The predicted octanol–water partition coefficient (Wildman–Crippen LogP) is 0.132. The van der Waals surface area contributed by atoms with Crippen LogP contribution in [-0.2, 0) is 0 Å². The molecular weight excluding hydrogens is 498 g/mol. The van der Waals surface area contributed by atoms with Gasteiger partial charge in [-0.3, -0.25) is 0 Å². The molecule has 0 bridgehead atoms. The van der Waals surface area contributed by atoms with Crippen molar-refractivity contribution in [2.45, 2.75) is 20.8 Å². The maximum Gasteiger partial charge on any atom is -1.00 e. The maximum atomic E-state index is 2.35. The fourth-order valence-corrected chi connectivity index (χ4v) is 11.8. The summed E-state index contributed by atoms with van der Waals surface area (Å²) in [4.78, 5) is 0. The molecule has 0 saturated heterocycles. The summed E-state index contributed by atoms with van der Waals surface area (Å²) >= 11 is -2.14. The van der Waals surface area contributed by atoms with Gasteiger partial charge in [0.05, 0.1) is 0 Å². The molecular formula is C21H21ISn. The fraction of sp³-hybridized carbons (Fsp3) is 0.143. The number of halogens is 1. The zero-order chi connectivity index (χ0) is 15.5. The standard InChI is InChI=1S/3C7H7.HI.Sn/c3*1-7-5-3-2-4-6-7;;/h3*2-5H,1H3;1H;/q;;;;+1/p-1. The number of benzene rings is 3. The van der Waals surface area contributed by atoms with Gasteiger partial charge in [-0.2, -0.15) is 0 Å². The summed E-state index contributed by atoms with van der Waals surface area (Å²) in [5.41, 5.74) is 4.30. The minimum atomic E-state index is -2.14. The van der Waals surface area contributed by atoms with Gasteiger partial charge in [-0.15, -0.1) is 0 Å². The van der Waals surface area contributed by atoms with Crippen molar-refractivity contribution in [1.82, 2.24) is 0 Å². The summed E-state index contributed by atoms with van der Waals surface area (Å²) in [6.07, 6.45) is 0. The largest absolute Gasteiger partial charge is 1.00 e. The van der Waals surface area contributed by atoms with E-state index in [1.165, 1.54) is 16.7 Å². The Morgan fingerprint density at radius 2 is 0.739 bits per heavy atom. The van der Waals surface area contributed by atoms with Crippen molar-refractivity contribution < 1.29 is 24.0 Å². The Morgan fingerprint density at radius 3 is 1.00 bits per heavy atom. The van der Waals surface area contributed by atoms with Crippen LogP contribution in [0.25, 0.3) is 0 Å². The van der Waals surface area contributed by atoms with Crippen molar-refractivity contribution in [3.63, 3.8) is 0 Å². The Kier molecular flexibility index (Phi) is 6.71. The number of hydrogen-bond donors (Lipinski definition) is 0. The van der Waals surface area contributed by atoms with Gasteiger partial charge >= 0.3 is 141 Å². The van der Waals surface area contributed by atoms with Crippen molar-refractivity contribution in [2.75, 3.05) is 0 Å². The van der Waals surface area contributed by atoms with E-state index in [-0.39, 0.29) is 24.0 Å². The Hall–Kier alpha value is -0.811. The molecule has 3 rings (SSSR count). The third-order valence-electron chi connectivity index (χ3n) is 4.24. The summed E-state index contributed by atoms with van der Waals surface area (Å²) in [5.74, 6) is 0. The van der Waals surface area contributed by atoms with Crippen LogP contribution in [0.1, 0.15) is 16.7 Å². The van der Waals surface area contributed by atoms with E-state index in [1.54, 1.807) is 10.7 Å². The smallest absolute Gasteiger partial charge is 1.00 e. The average molecular weight is 519 g/mol. The SMILES string of the molecule is Cc1cccc[c]1[Sn+]([c]1ccccc1C)[c]1ccccc1C.[I-]. The first-order valence-electron chi connectivity index (χ1n) is 7.73. The third kappa shape index (κ3) is 4.00. The minimum Gasteiger partial charge on any atom is -1.00 e. The summed E-state index contributed by atoms with van der Waals surface area (Å²) in [6.45, 7) is 6.77. The molecule has 3 aromatic carbocycles. The van der Waals surface area contributed by atoms with Crippen molar-refractivity contribution in [3.8, 4) is 0 Å². The van der Waals surface area contributed by atoms with Crippen LogP contribution >= 0.6 is 0 Å². The first-order chi connectivity index (χ1) is 10.7. The second-order valence-electron chi connectivity index (χ2n) is 5.82. The molecule has 0 heterocycles. The molecule has 0 nitrogen and oxygen atoms in total. The summed E-state index contributed by atoms with van der Waals surface area (Å²) in [6, 6.07) is 26.8. The van der Waals surface area contributed by atoms with Gasteiger partial charge in [-0.1, -0.05) is 0 Å². The summed E-state index contributed by atoms with van der Waals surface area (Å²) in [7, 11) is 0. The van der Waals surface area contributed by atoms with E-state index in [4.69, 9.17) is 0 Å². The van der Waals surface area contributed by atoms with Crippen LogP contribution in [0.4, 0.5) is 0 Å². The molecule has 0 aliphatic heterocycles. The molecule has 3 aromatic rings. The van der Waals surface area contributed by atoms with Gasteiger partial charge in [0.25, 0.3) is 0 Å². The van der Waals surface area contributed by atoms with Crippen LogP contribution in [0, 0.1) is 20.8 Å². The summed E-state index contributed by atoms with van der Waals surface area (Å²) < 4.78 is 4.77. The Morgan fingerprint density at radius 1 is 0.478 bits per heavy atom. The van der Waals surface area contributed by atoms with Gasteiger partial charge in [-0.25, -0.2) is 0 Å². The molecule has 2 heteroatoms. The van der Waals surface area contributed by atoms with Crippen molar-refractivity contribution in [1.29, 1.82) is 0 Å². The zero-order valence-corrected chi connectivity index (χ0v) is 18.8. The van der Waals surface area contributed by atoms with Gasteiger partial charge in [-0.05, 0) is 0 Å².